The van der Waals surface area contributed by atoms with Gasteiger partial charge in [0.05, 0.1) is 19.6 Å². The van der Waals surface area contributed by atoms with Crippen molar-refractivity contribution in [2.24, 2.45) is 0 Å². The number of carbonyl (C=O) groups excluding carboxylic acids is 1. The molecule has 0 spiro atoms. The molecule has 0 aliphatic carbocycles. The molecule has 1 unspecified atom stereocenters. The van der Waals surface area contributed by atoms with Crippen molar-refractivity contribution in [3.63, 3.8) is 0 Å². The van der Waals surface area contributed by atoms with Gasteiger partial charge in [-0.15, -0.1) is 0 Å². The molecule has 0 saturated carbocycles. The van der Waals surface area contributed by atoms with Crippen LogP contribution in [0.2, 0.25) is 0 Å². The molecular formula is C28H30N2O2. The molecule has 0 N–H and O–H groups in total. The summed E-state index contributed by atoms with van der Waals surface area (Å²) in [7, 11) is 1.70. The van der Waals surface area contributed by atoms with E-state index in [4.69, 9.17) is 4.74 Å². The average molecular weight is 427 g/mol. The number of fused-ring (bicyclic) bond motifs is 2. The van der Waals surface area contributed by atoms with Crippen molar-refractivity contribution in [3.05, 3.63) is 101 Å². The van der Waals surface area contributed by atoms with E-state index in [0.717, 1.165) is 55.9 Å². The molecule has 4 heteroatoms. The fourth-order valence-electron chi connectivity index (χ4n) is 5.15. The number of methoxy groups -OCH3 is 1. The zero-order chi connectivity index (χ0) is 21.9. The summed E-state index contributed by atoms with van der Waals surface area (Å²) < 4.78 is 5.51. The van der Waals surface area contributed by atoms with Crippen LogP contribution in [0.1, 0.15) is 40.3 Å². The number of hydrogen-bond acceptors (Lipinski definition) is 3. The lowest BCUT2D eigenvalue weighted by atomic mass is 9.87. The van der Waals surface area contributed by atoms with E-state index in [2.05, 4.69) is 64.4 Å². The lowest BCUT2D eigenvalue weighted by Gasteiger charge is -2.38. The number of ether oxygens (including phenoxy) is 1. The molecule has 164 valence electrons. The second kappa shape index (κ2) is 9.17. The molecule has 4 nitrogen and oxygen atoms in total. The Bertz CT molecular complexity index is 1100. The summed E-state index contributed by atoms with van der Waals surface area (Å²) >= 11 is 0. The first kappa shape index (κ1) is 20.8. The minimum absolute atomic E-state index is 0.0652. The minimum atomic E-state index is -0.0652. The van der Waals surface area contributed by atoms with Crippen molar-refractivity contribution < 1.29 is 9.53 Å². The number of benzene rings is 3. The third-order valence-corrected chi connectivity index (χ3v) is 6.82. The van der Waals surface area contributed by atoms with Crippen molar-refractivity contribution in [1.29, 1.82) is 0 Å². The van der Waals surface area contributed by atoms with Crippen LogP contribution < -0.4 is 4.74 Å². The lowest BCUT2D eigenvalue weighted by Crippen LogP contribution is -2.42. The maximum Gasteiger partial charge on any atom is 0.227 e. The van der Waals surface area contributed by atoms with Gasteiger partial charge in [-0.3, -0.25) is 9.69 Å². The van der Waals surface area contributed by atoms with Gasteiger partial charge in [0.25, 0.3) is 0 Å². The number of nitrogens with zero attached hydrogens (tertiary/aromatic N) is 2. The van der Waals surface area contributed by atoms with Crippen molar-refractivity contribution in [2.45, 2.75) is 31.8 Å². The maximum absolute atomic E-state index is 13.2. The summed E-state index contributed by atoms with van der Waals surface area (Å²) in [6, 6.07) is 25.2. The third kappa shape index (κ3) is 4.15. The molecule has 0 aromatic heterocycles. The summed E-state index contributed by atoms with van der Waals surface area (Å²) in [5, 5.41) is 0. The van der Waals surface area contributed by atoms with Gasteiger partial charge in [0.15, 0.2) is 0 Å². The van der Waals surface area contributed by atoms with Crippen LogP contribution >= 0.6 is 0 Å². The van der Waals surface area contributed by atoms with Crippen LogP contribution in [-0.4, -0.2) is 42.5 Å². The largest absolute Gasteiger partial charge is 0.497 e. The molecule has 3 aromatic carbocycles. The first-order valence-corrected chi connectivity index (χ1v) is 11.5. The SMILES string of the molecule is COc1ccc2c(c1)C(c1ccccc1)N(CCCN1CCc3ccccc3C1)C(=O)C2. The highest BCUT2D eigenvalue weighted by atomic mass is 16.5. The molecule has 2 heterocycles. The fraction of sp³-hybridized carbons (Fsp3) is 0.321. The van der Waals surface area contributed by atoms with E-state index in [9.17, 15) is 4.79 Å². The Morgan fingerprint density at radius 2 is 1.69 bits per heavy atom. The molecule has 32 heavy (non-hydrogen) atoms. The van der Waals surface area contributed by atoms with Gasteiger partial charge in [-0.2, -0.15) is 0 Å². The van der Waals surface area contributed by atoms with Crippen molar-refractivity contribution >= 4 is 5.91 Å². The lowest BCUT2D eigenvalue weighted by molar-refractivity contribution is -0.133. The van der Waals surface area contributed by atoms with Crippen LogP contribution in [-0.2, 0) is 24.2 Å². The molecule has 0 saturated heterocycles. The molecule has 1 amide bonds. The Kier molecular flexibility index (Phi) is 5.95. The summed E-state index contributed by atoms with van der Waals surface area (Å²) in [6.45, 7) is 3.86. The second-order valence-corrected chi connectivity index (χ2v) is 8.79. The van der Waals surface area contributed by atoms with Crippen LogP contribution in [0.15, 0.2) is 72.8 Å². The van der Waals surface area contributed by atoms with Gasteiger partial charge >= 0.3 is 0 Å². The predicted molar refractivity (Wildman–Crippen MR) is 127 cm³/mol. The predicted octanol–water partition coefficient (Wildman–Crippen LogP) is 4.62. The molecule has 5 rings (SSSR count). The van der Waals surface area contributed by atoms with Gasteiger partial charge in [-0.1, -0.05) is 60.7 Å². The monoisotopic (exact) mass is 426 g/mol. The molecule has 1 atom stereocenters. The van der Waals surface area contributed by atoms with E-state index in [1.165, 1.54) is 16.7 Å². The van der Waals surface area contributed by atoms with E-state index in [-0.39, 0.29) is 11.9 Å². The number of hydrogen-bond donors (Lipinski definition) is 0. The highest BCUT2D eigenvalue weighted by Gasteiger charge is 2.33. The minimum Gasteiger partial charge on any atom is -0.497 e. The topological polar surface area (TPSA) is 32.8 Å². The first-order valence-electron chi connectivity index (χ1n) is 11.5. The molecule has 0 bridgehead atoms. The van der Waals surface area contributed by atoms with E-state index in [1.807, 2.05) is 18.2 Å². The summed E-state index contributed by atoms with van der Waals surface area (Å²) in [5.41, 5.74) is 6.36. The van der Waals surface area contributed by atoms with Crippen LogP contribution in [0.25, 0.3) is 0 Å². The molecule has 3 aromatic rings. The van der Waals surface area contributed by atoms with Gasteiger partial charge in [0.1, 0.15) is 5.75 Å². The van der Waals surface area contributed by atoms with Gasteiger partial charge < -0.3 is 9.64 Å². The maximum atomic E-state index is 13.2. The Morgan fingerprint density at radius 3 is 2.50 bits per heavy atom. The molecular weight excluding hydrogens is 396 g/mol. The smallest absolute Gasteiger partial charge is 0.227 e. The number of carbonyl (C=O) groups is 1. The molecule has 0 radical (unpaired) electrons. The number of amides is 1. The zero-order valence-corrected chi connectivity index (χ0v) is 18.7. The third-order valence-electron chi connectivity index (χ3n) is 6.82. The Morgan fingerprint density at radius 1 is 0.906 bits per heavy atom. The average Bonchev–Trinajstić information content (AvgIpc) is 2.84. The normalized spacial score (nSPS) is 18.2. The fourth-order valence-corrected chi connectivity index (χ4v) is 5.15. The van der Waals surface area contributed by atoms with Crippen LogP contribution in [0.5, 0.6) is 5.75 Å². The van der Waals surface area contributed by atoms with E-state index in [0.29, 0.717) is 6.42 Å². The molecule has 0 fully saturated rings. The molecule has 2 aliphatic rings. The van der Waals surface area contributed by atoms with Crippen molar-refractivity contribution in [3.8, 4) is 5.75 Å². The molecule has 2 aliphatic heterocycles. The van der Waals surface area contributed by atoms with E-state index >= 15 is 0 Å². The Balaban J connectivity index is 1.34. The quantitative estimate of drug-likeness (QED) is 0.577. The van der Waals surface area contributed by atoms with Crippen molar-refractivity contribution in [2.75, 3.05) is 26.7 Å². The zero-order valence-electron chi connectivity index (χ0n) is 18.7. The van der Waals surface area contributed by atoms with Crippen LogP contribution in [0.4, 0.5) is 0 Å². The Hall–Kier alpha value is -3.11. The standard InChI is InChI=1S/C28H30N2O2/c1-32-25-13-12-23-18-27(31)30(28(26(23)19-25)22-9-3-2-4-10-22)16-7-15-29-17-14-21-8-5-6-11-24(21)20-29/h2-6,8-13,19,28H,7,14-18,20H2,1H3. The van der Waals surface area contributed by atoms with Crippen LogP contribution in [0.3, 0.4) is 0 Å². The van der Waals surface area contributed by atoms with Gasteiger partial charge in [0, 0.05) is 26.2 Å². The van der Waals surface area contributed by atoms with Gasteiger partial charge in [-0.05, 0) is 52.8 Å². The van der Waals surface area contributed by atoms with Gasteiger partial charge in [-0.25, -0.2) is 0 Å². The first-order chi connectivity index (χ1) is 15.7. The van der Waals surface area contributed by atoms with Crippen LogP contribution in [0, 0.1) is 0 Å². The Labute approximate surface area is 190 Å². The van der Waals surface area contributed by atoms with Gasteiger partial charge in [0.2, 0.25) is 5.91 Å². The summed E-state index contributed by atoms with van der Waals surface area (Å²) in [4.78, 5) is 17.8. The highest BCUT2D eigenvalue weighted by Crippen LogP contribution is 2.37. The highest BCUT2D eigenvalue weighted by molar-refractivity contribution is 5.82. The summed E-state index contributed by atoms with van der Waals surface area (Å²) in [5.74, 6) is 1.05. The van der Waals surface area contributed by atoms with E-state index in [1.54, 1.807) is 7.11 Å². The van der Waals surface area contributed by atoms with Crippen molar-refractivity contribution in [1.82, 2.24) is 9.80 Å². The second-order valence-electron chi connectivity index (χ2n) is 8.79. The number of rotatable bonds is 6. The summed E-state index contributed by atoms with van der Waals surface area (Å²) in [6.07, 6.45) is 2.54. The van der Waals surface area contributed by atoms with E-state index < -0.39 is 0 Å².